The topological polar surface area (TPSA) is 52.6 Å². The smallest absolute Gasteiger partial charge is 0.228 e. The van der Waals surface area contributed by atoms with E-state index in [9.17, 15) is 9.59 Å². The number of carbonyl (C=O) groups is 2. The molecule has 0 aliphatic heterocycles. The molecule has 4 nitrogen and oxygen atoms in total. The molecule has 0 aromatic heterocycles. The molecule has 0 saturated heterocycles. The lowest BCUT2D eigenvalue weighted by atomic mass is 9.62. The highest BCUT2D eigenvalue weighted by Gasteiger charge is 2.48. The van der Waals surface area contributed by atoms with Gasteiger partial charge in [-0.15, -0.1) is 6.58 Å². The van der Waals surface area contributed by atoms with Gasteiger partial charge in [-0.05, 0) is 19.8 Å². The van der Waals surface area contributed by atoms with Crippen molar-refractivity contribution in [2.24, 2.45) is 11.3 Å². The Morgan fingerprint density at radius 3 is 2.23 bits per heavy atom. The fourth-order valence-electron chi connectivity index (χ4n) is 3.36. The maximum absolute atomic E-state index is 12.9. The van der Waals surface area contributed by atoms with E-state index >= 15 is 0 Å². The van der Waals surface area contributed by atoms with E-state index in [4.69, 9.17) is 9.47 Å². The van der Waals surface area contributed by atoms with Crippen LogP contribution < -0.4 is 0 Å². The van der Waals surface area contributed by atoms with Crippen LogP contribution in [0, 0.1) is 11.3 Å². The average Bonchev–Trinajstić information content (AvgIpc) is 2.49. The summed E-state index contributed by atoms with van der Waals surface area (Å²) in [6.07, 6.45) is 3.24. The Hall–Kier alpha value is -2.10. The van der Waals surface area contributed by atoms with Crippen molar-refractivity contribution in [2.75, 3.05) is 14.2 Å². The summed E-state index contributed by atoms with van der Waals surface area (Å²) < 4.78 is 10.3. The van der Waals surface area contributed by atoms with Crippen LogP contribution in [0.3, 0.4) is 0 Å². The van der Waals surface area contributed by atoms with Gasteiger partial charge in [0.2, 0.25) is 23.1 Å². The number of rotatable bonds is 4. The lowest BCUT2D eigenvalue weighted by Gasteiger charge is -2.40. The summed E-state index contributed by atoms with van der Waals surface area (Å²) in [4.78, 5) is 25.8. The highest BCUT2D eigenvalue weighted by molar-refractivity contribution is 6.24. The molecular formula is C18H22O4. The van der Waals surface area contributed by atoms with Gasteiger partial charge < -0.3 is 9.47 Å². The van der Waals surface area contributed by atoms with Crippen LogP contribution in [-0.2, 0) is 19.1 Å². The van der Waals surface area contributed by atoms with Gasteiger partial charge in [-0.2, -0.15) is 0 Å². The average molecular weight is 302 g/mol. The molecule has 0 heterocycles. The zero-order valence-corrected chi connectivity index (χ0v) is 13.6. The molecule has 0 aromatic rings. The minimum atomic E-state index is -0.545. The van der Waals surface area contributed by atoms with Gasteiger partial charge in [-0.1, -0.05) is 25.2 Å². The van der Waals surface area contributed by atoms with E-state index in [2.05, 4.69) is 13.2 Å². The first-order valence-corrected chi connectivity index (χ1v) is 7.27. The van der Waals surface area contributed by atoms with Crippen molar-refractivity contribution in [3.8, 4) is 0 Å². The van der Waals surface area contributed by atoms with E-state index in [0.29, 0.717) is 11.1 Å². The molecule has 2 atom stereocenters. The minimum absolute atomic E-state index is 0.0224. The Labute approximate surface area is 131 Å². The number of ketones is 2. The van der Waals surface area contributed by atoms with Crippen LogP contribution in [0.25, 0.3) is 0 Å². The molecule has 2 aliphatic rings. The molecule has 0 N–H and O–H groups in total. The molecule has 0 spiro atoms. The quantitative estimate of drug-likeness (QED) is 0.591. The van der Waals surface area contributed by atoms with Crippen molar-refractivity contribution in [1.29, 1.82) is 0 Å². The predicted octanol–water partition coefficient (Wildman–Crippen LogP) is 3.12. The van der Waals surface area contributed by atoms with Crippen LogP contribution >= 0.6 is 0 Å². The summed E-state index contributed by atoms with van der Waals surface area (Å²) in [6, 6.07) is 0. The minimum Gasteiger partial charge on any atom is -0.489 e. The van der Waals surface area contributed by atoms with Crippen LogP contribution in [0.1, 0.15) is 26.7 Å². The second-order valence-corrected chi connectivity index (χ2v) is 6.07. The molecule has 0 fully saturated rings. The van der Waals surface area contributed by atoms with E-state index in [0.717, 1.165) is 18.4 Å². The van der Waals surface area contributed by atoms with Crippen LogP contribution in [0.2, 0.25) is 0 Å². The van der Waals surface area contributed by atoms with Crippen molar-refractivity contribution >= 4 is 11.6 Å². The summed E-state index contributed by atoms with van der Waals surface area (Å²) >= 11 is 0. The SMILES string of the molecule is C=C[C@]1(C)CC[C@@H](C(=C)C)C2=C1C(=O)C(OC)=C(OC)C2=O. The first kappa shape index (κ1) is 16.3. The third kappa shape index (κ3) is 2.14. The molecule has 4 heteroatoms. The summed E-state index contributed by atoms with van der Waals surface area (Å²) in [7, 11) is 2.74. The first-order chi connectivity index (χ1) is 10.3. The van der Waals surface area contributed by atoms with Crippen LogP contribution in [0.5, 0.6) is 0 Å². The van der Waals surface area contributed by atoms with E-state index in [1.54, 1.807) is 6.08 Å². The predicted molar refractivity (Wildman–Crippen MR) is 83.9 cm³/mol. The zero-order valence-electron chi connectivity index (χ0n) is 13.6. The summed E-state index contributed by atoms with van der Waals surface area (Å²) in [5.74, 6) is -0.757. The number of ether oxygens (including phenoxy) is 2. The molecule has 118 valence electrons. The van der Waals surface area contributed by atoms with Crippen LogP contribution in [0.4, 0.5) is 0 Å². The van der Waals surface area contributed by atoms with Crippen molar-refractivity contribution in [3.63, 3.8) is 0 Å². The fourth-order valence-corrected chi connectivity index (χ4v) is 3.36. The maximum atomic E-state index is 12.9. The van der Waals surface area contributed by atoms with Crippen molar-refractivity contribution in [1.82, 2.24) is 0 Å². The van der Waals surface area contributed by atoms with Crippen LogP contribution in [0.15, 0.2) is 47.5 Å². The van der Waals surface area contributed by atoms with Crippen molar-refractivity contribution < 1.29 is 19.1 Å². The molecule has 22 heavy (non-hydrogen) atoms. The van der Waals surface area contributed by atoms with E-state index in [-0.39, 0.29) is 29.0 Å². The Morgan fingerprint density at radius 1 is 1.23 bits per heavy atom. The zero-order chi connectivity index (χ0) is 16.7. The number of hydrogen-bond donors (Lipinski definition) is 0. The second-order valence-electron chi connectivity index (χ2n) is 6.07. The number of methoxy groups -OCH3 is 2. The lowest BCUT2D eigenvalue weighted by molar-refractivity contribution is -0.122. The van der Waals surface area contributed by atoms with Gasteiger partial charge in [-0.25, -0.2) is 0 Å². The van der Waals surface area contributed by atoms with E-state index in [1.165, 1.54) is 14.2 Å². The Balaban J connectivity index is 2.76. The molecule has 0 saturated carbocycles. The maximum Gasteiger partial charge on any atom is 0.228 e. The Morgan fingerprint density at radius 2 is 1.77 bits per heavy atom. The molecule has 2 aliphatic carbocycles. The van der Waals surface area contributed by atoms with Gasteiger partial charge in [-0.3, -0.25) is 9.59 Å². The molecule has 0 bridgehead atoms. The van der Waals surface area contributed by atoms with Crippen molar-refractivity contribution in [2.45, 2.75) is 26.7 Å². The lowest BCUT2D eigenvalue weighted by Crippen LogP contribution is -2.39. The van der Waals surface area contributed by atoms with Gasteiger partial charge in [0.25, 0.3) is 0 Å². The summed E-state index contributed by atoms with van der Waals surface area (Å²) in [5, 5.41) is 0. The van der Waals surface area contributed by atoms with Gasteiger partial charge >= 0.3 is 0 Å². The Kier molecular flexibility index (Phi) is 4.14. The fraction of sp³-hybridized carbons (Fsp3) is 0.444. The third-order valence-corrected chi connectivity index (χ3v) is 4.69. The highest BCUT2D eigenvalue weighted by Crippen LogP contribution is 2.49. The molecule has 0 radical (unpaired) electrons. The molecule has 0 amide bonds. The molecule has 0 aromatic carbocycles. The van der Waals surface area contributed by atoms with Gasteiger partial charge in [0.15, 0.2) is 0 Å². The monoisotopic (exact) mass is 302 g/mol. The van der Waals surface area contributed by atoms with Crippen LogP contribution in [-0.4, -0.2) is 25.8 Å². The largest absolute Gasteiger partial charge is 0.489 e. The Bertz CT molecular complexity index is 635. The highest BCUT2D eigenvalue weighted by atomic mass is 16.5. The third-order valence-electron chi connectivity index (χ3n) is 4.69. The van der Waals surface area contributed by atoms with E-state index < -0.39 is 5.41 Å². The molecule has 0 unspecified atom stereocenters. The van der Waals surface area contributed by atoms with Gasteiger partial charge in [0.05, 0.1) is 14.2 Å². The van der Waals surface area contributed by atoms with E-state index in [1.807, 2.05) is 13.8 Å². The number of carbonyl (C=O) groups excluding carboxylic acids is 2. The molecular weight excluding hydrogens is 280 g/mol. The number of hydrogen-bond acceptors (Lipinski definition) is 4. The second kappa shape index (κ2) is 5.59. The van der Waals surface area contributed by atoms with Gasteiger partial charge in [0, 0.05) is 22.5 Å². The summed E-state index contributed by atoms with van der Waals surface area (Å²) in [5.41, 5.74) is 1.29. The van der Waals surface area contributed by atoms with Gasteiger partial charge in [0.1, 0.15) is 0 Å². The number of Topliss-reactive ketones (excluding diaryl/α,β-unsaturated/α-hetero) is 2. The number of allylic oxidation sites excluding steroid dienone is 4. The van der Waals surface area contributed by atoms with Crippen molar-refractivity contribution in [3.05, 3.63) is 47.5 Å². The standard InChI is InChI=1S/C18H22O4/c1-7-18(4)9-8-11(10(2)3)12-13(18)15(20)17(22-6)16(21-5)14(12)19/h7,11H,1-2,8-9H2,3-6H3/t11-,18+/m0/s1. The first-order valence-electron chi connectivity index (χ1n) is 7.27. The normalized spacial score (nSPS) is 28.5. The summed E-state index contributed by atoms with van der Waals surface area (Å²) in [6.45, 7) is 11.7. The molecule has 2 rings (SSSR count).